The van der Waals surface area contributed by atoms with Gasteiger partial charge in [0.15, 0.2) is 0 Å². The number of anilines is 2. The summed E-state index contributed by atoms with van der Waals surface area (Å²) in [6, 6.07) is 19.8. The molecular formula is C21H17N3O2. The van der Waals surface area contributed by atoms with E-state index in [-0.39, 0.29) is 11.3 Å². The van der Waals surface area contributed by atoms with E-state index in [1.807, 2.05) is 37.3 Å². The van der Waals surface area contributed by atoms with E-state index >= 15 is 0 Å². The molecule has 5 nitrogen and oxygen atoms in total. The molecule has 0 heterocycles. The fourth-order valence-corrected chi connectivity index (χ4v) is 2.55. The van der Waals surface area contributed by atoms with E-state index in [4.69, 9.17) is 0 Å². The maximum Gasteiger partial charge on any atom is 0.267 e. The Morgan fingerprint density at radius 3 is 2.46 bits per heavy atom. The molecule has 0 atom stereocenters. The molecule has 0 aliphatic rings. The molecule has 3 N–H and O–H groups in total. The highest BCUT2D eigenvalue weighted by Crippen LogP contribution is 2.29. The number of carbonyl (C=O) groups is 1. The molecule has 5 heteroatoms. The third-order valence-corrected chi connectivity index (χ3v) is 3.95. The number of benzene rings is 3. The minimum atomic E-state index is -0.525. The van der Waals surface area contributed by atoms with Crippen molar-refractivity contribution in [2.75, 3.05) is 10.6 Å². The van der Waals surface area contributed by atoms with Crippen LogP contribution in [0.3, 0.4) is 0 Å². The standard InChI is InChI=1S/C21H17N3O2/c1-14-8-10-16(11-9-14)23-13-15(12-22)21(26)24-19-6-2-5-18-17(19)4-3-7-20(18)25/h2-11,13,23,25H,1H3,(H,24,26)/b15-13-. The van der Waals surface area contributed by atoms with E-state index in [2.05, 4.69) is 10.6 Å². The average Bonchev–Trinajstić information content (AvgIpc) is 2.64. The smallest absolute Gasteiger partial charge is 0.267 e. The molecule has 0 radical (unpaired) electrons. The lowest BCUT2D eigenvalue weighted by Gasteiger charge is -2.09. The van der Waals surface area contributed by atoms with Crippen LogP contribution in [0.15, 0.2) is 72.4 Å². The Kier molecular flexibility index (Phi) is 4.86. The van der Waals surface area contributed by atoms with Crippen molar-refractivity contribution in [1.82, 2.24) is 0 Å². The maximum absolute atomic E-state index is 12.4. The van der Waals surface area contributed by atoms with Gasteiger partial charge in [-0.2, -0.15) is 5.26 Å². The summed E-state index contributed by atoms with van der Waals surface area (Å²) in [5.74, 6) is -0.390. The van der Waals surface area contributed by atoms with E-state index in [0.29, 0.717) is 16.5 Å². The largest absolute Gasteiger partial charge is 0.507 e. The number of phenols is 1. The van der Waals surface area contributed by atoms with E-state index < -0.39 is 5.91 Å². The lowest BCUT2D eigenvalue weighted by molar-refractivity contribution is -0.112. The summed E-state index contributed by atoms with van der Waals surface area (Å²) in [4.78, 5) is 12.4. The first-order valence-corrected chi connectivity index (χ1v) is 8.04. The zero-order valence-electron chi connectivity index (χ0n) is 14.2. The van der Waals surface area contributed by atoms with Crippen molar-refractivity contribution in [1.29, 1.82) is 5.26 Å². The molecule has 0 bridgehead atoms. The van der Waals surface area contributed by atoms with Gasteiger partial charge in [-0.1, -0.05) is 42.0 Å². The monoisotopic (exact) mass is 343 g/mol. The average molecular weight is 343 g/mol. The Balaban J connectivity index is 1.82. The number of nitrogens with one attached hydrogen (secondary N) is 2. The summed E-state index contributed by atoms with van der Waals surface area (Å²) in [6.45, 7) is 1.98. The topological polar surface area (TPSA) is 85.2 Å². The van der Waals surface area contributed by atoms with Crippen molar-refractivity contribution in [3.8, 4) is 11.8 Å². The van der Waals surface area contributed by atoms with Crippen LogP contribution in [-0.4, -0.2) is 11.0 Å². The fraction of sp³-hybridized carbons (Fsp3) is 0.0476. The predicted octanol–water partition coefficient (Wildman–Crippen LogP) is 4.31. The zero-order valence-corrected chi connectivity index (χ0v) is 14.2. The van der Waals surface area contributed by atoms with E-state index in [1.165, 1.54) is 6.20 Å². The molecule has 3 rings (SSSR count). The molecule has 128 valence electrons. The van der Waals surface area contributed by atoms with E-state index in [0.717, 1.165) is 11.3 Å². The summed E-state index contributed by atoms with van der Waals surface area (Å²) in [7, 11) is 0. The van der Waals surface area contributed by atoms with Crippen LogP contribution >= 0.6 is 0 Å². The van der Waals surface area contributed by atoms with E-state index in [9.17, 15) is 15.2 Å². The van der Waals surface area contributed by atoms with Gasteiger partial charge in [0.05, 0.1) is 0 Å². The van der Waals surface area contributed by atoms with Gasteiger partial charge >= 0.3 is 0 Å². The highest BCUT2D eigenvalue weighted by atomic mass is 16.3. The Morgan fingerprint density at radius 1 is 1.04 bits per heavy atom. The van der Waals surface area contributed by atoms with Gasteiger partial charge in [0.2, 0.25) is 0 Å². The number of aryl methyl sites for hydroxylation is 1. The molecule has 0 unspecified atom stereocenters. The molecule has 0 aliphatic heterocycles. The van der Waals surface area contributed by atoms with Crippen molar-refractivity contribution in [3.05, 3.63) is 78.0 Å². The molecule has 26 heavy (non-hydrogen) atoms. The van der Waals surface area contributed by atoms with Crippen molar-refractivity contribution in [2.24, 2.45) is 0 Å². The number of fused-ring (bicyclic) bond motifs is 1. The van der Waals surface area contributed by atoms with Gasteiger partial charge in [0.1, 0.15) is 17.4 Å². The third kappa shape index (κ3) is 3.65. The second-order valence-corrected chi connectivity index (χ2v) is 5.81. The molecule has 0 aliphatic carbocycles. The highest BCUT2D eigenvalue weighted by Gasteiger charge is 2.12. The van der Waals surface area contributed by atoms with Crippen LogP contribution < -0.4 is 10.6 Å². The second kappa shape index (κ2) is 7.41. The van der Waals surface area contributed by atoms with E-state index in [1.54, 1.807) is 36.4 Å². The first-order valence-electron chi connectivity index (χ1n) is 8.04. The summed E-state index contributed by atoms with van der Waals surface area (Å²) in [5.41, 5.74) is 2.38. The molecule has 0 spiro atoms. The van der Waals surface area contributed by atoms with Crippen LogP contribution in [0.1, 0.15) is 5.56 Å². The maximum atomic E-state index is 12.4. The zero-order chi connectivity index (χ0) is 18.5. The fourth-order valence-electron chi connectivity index (χ4n) is 2.55. The molecular weight excluding hydrogens is 326 g/mol. The lowest BCUT2D eigenvalue weighted by Crippen LogP contribution is -2.14. The number of nitriles is 1. The predicted molar refractivity (Wildman–Crippen MR) is 103 cm³/mol. The number of nitrogens with zero attached hydrogens (tertiary/aromatic N) is 1. The van der Waals surface area contributed by atoms with Crippen molar-refractivity contribution >= 4 is 28.1 Å². The third-order valence-electron chi connectivity index (χ3n) is 3.95. The number of aromatic hydroxyl groups is 1. The summed E-state index contributed by atoms with van der Waals surface area (Å²) in [6.07, 6.45) is 1.38. The summed E-state index contributed by atoms with van der Waals surface area (Å²) >= 11 is 0. The van der Waals surface area contributed by atoms with Gasteiger partial charge in [-0.3, -0.25) is 4.79 Å². The Labute approximate surface area is 151 Å². The number of phenolic OH excluding ortho intramolecular Hbond substituents is 1. The molecule has 3 aromatic carbocycles. The van der Waals surface area contributed by atoms with Gasteiger partial charge in [-0.25, -0.2) is 0 Å². The van der Waals surface area contributed by atoms with Gasteiger partial charge < -0.3 is 15.7 Å². The first-order chi connectivity index (χ1) is 12.6. The molecule has 0 aromatic heterocycles. The number of hydrogen-bond donors (Lipinski definition) is 3. The van der Waals surface area contributed by atoms with Crippen LogP contribution in [0.25, 0.3) is 10.8 Å². The van der Waals surface area contributed by atoms with Crippen LogP contribution in [0.2, 0.25) is 0 Å². The molecule has 0 saturated carbocycles. The molecule has 1 amide bonds. The quantitative estimate of drug-likeness (QED) is 0.487. The molecule has 0 saturated heterocycles. The number of amides is 1. The Bertz CT molecular complexity index is 1030. The number of hydrogen-bond acceptors (Lipinski definition) is 4. The van der Waals surface area contributed by atoms with Crippen LogP contribution in [0.4, 0.5) is 11.4 Å². The molecule has 3 aromatic rings. The van der Waals surface area contributed by atoms with Gasteiger partial charge in [-0.05, 0) is 31.2 Å². The van der Waals surface area contributed by atoms with Crippen molar-refractivity contribution < 1.29 is 9.90 Å². The van der Waals surface area contributed by atoms with Crippen molar-refractivity contribution in [3.63, 3.8) is 0 Å². The van der Waals surface area contributed by atoms with Crippen LogP contribution in [0, 0.1) is 18.3 Å². The van der Waals surface area contributed by atoms with Gasteiger partial charge in [-0.15, -0.1) is 0 Å². The summed E-state index contributed by atoms with van der Waals surface area (Å²) < 4.78 is 0. The Morgan fingerprint density at radius 2 is 1.73 bits per heavy atom. The number of rotatable bonds is 4. The van der Waals surface area contributed by atoms with Gasteiger partial charge in [0.25, 0.3) is 5.91 Å². The number of carbonyl (C=O) groups excluding carboxylic acids is 1. The van der Waals surface area contributed by atoms with Crippen molar-refractivity contribution in [2.45, 2.75) is 6.92 Å². The van der Waals surface area contributed by atoms with Gasteiger partial charge in [0, 0.05) is 28.3 Å². The SMILES string of the molecule is Cc1ccc(N/C=C(/C#N)C(=O)Nc2cccc3c(O)cccc23)cc1. The Hall–Kier alpha value is -3.78. The second-order valence-electron chi connectivity index (χ2n) is 5.81. The lowest BCUT2D eigenvalue weighted by atomic mass is 10.1. The van der Waals surface area contributed by atoms with Crippen LogP contribution in [0.5, 0.6) is 5.75 Å². The highest BCUT2D eigenvalue weighted by molar-refractivity contribution is 6.11. The summed E-state index contributed by atoms with van der Waals surface area (Å²) in [5, 5.41) is 26.2. The molecule has 0 fully saturated rings. The minimum absolute atomic E-state index is 0.0530. The normalized spacial score (nSPS) is 11.0. The first kappa shape index (κ1) is 17.1. The van der Waals surface area contributed by atoms with Crippen LogP contribution in [-0.2, 0) is 4.79 Å². The minimum Gasteiger partial charge on any atom is -0.507 e.